The minimum absolute atomic E-state index is 0.0216. The van der Waals surface area contributed by atoms with Crippen LogP contribution in [-0.2, 0) is 4.79 Å². The van der Waals surface area contributed by atoms with Gasteiger partial charge in [-0.1, -0.05) is 40.1 Å². The third-order valence-electron chi connectivity index (χ3n) is 4.52. The van der Waals surface area contributed by atoms with Crippen molar-refractivity contribution in [1.29, 1.82) is 0 Å². The van der Waals surface area contributed by atoms with Crippen LogP contribution in [-0.4, -0.2) is 39.4 Å². The average molecular weight is 420 g/mol. The van der Waals surface area contributed by atoms with E-state index in [1.54, 1.807) is 11.6 Å². The van der Waals surface area contributed by atoms with Gasteiger partial charge in [0.15, 0.2) is 5.69 Å². The topological polar surface area (TPSA) is 88.9 Å². The standard InChI is InChI=1S/C18H22BrN5O2/c1-12-17(22-23-24(12)15-8-4-5-13(19)11-15)18(26)20-10-9-16(25)21-14-6-2-3-7-14/h4-5,8,11,14H,2-3,6-7,9-10H2,1H3,(H,20,26)(H,21,25). The molecule has 3 rings (SSSR count). The first kappa shape index (κ1) is 18.6. The molecule has 1 fully saturated rings. The number of nitrogens with one attached hydrogen (secondary N) is 2. The van der Waals surface area contributed by atoms with Crippen LogP contribution in [0, 0.1) is 6.92 Å². The second-order valence-corrected chi connectivity index (χ2v) is 7.39. The Balaban J connectivity index is 1.54. The molecule has 2 aromatic rings. The zero-order chi connectivity index (χ0) is 18.5. The summed E-state index contributed by atoms with van der Waals surface area (Å²) < 4.78 is 2.54. The van der Waals surface area contributed by atoms with Crippen LogP contribution in [0.5, 0.6) is 0 Å². The molecular weight excluding hydrogens is 398 g/mol. The van der Waals surface area contributed by atoms with Crippen molar-refractivity contribution in [3.63, 3.8) is 0 Å². The van der Waals surface area contributed by atoms with E-state index in [0.29, 0.717) is 11.7 Å². The second-order valence-electron chi connectivity index (χ2n) is 6.47. The molecule has 2 N–H and O–H groups in total. The Bertz CT molecular complexity index is 799. The molecule has 1 aliphatic rings. The lowest BCUT2D eigenvalue weighted by Crippen LogP contribution is -2.35. The van der Waals surface area contributed by atoms with E-state index >= 15 is 0 Å². The van der Waals surface area contributed by atoms with Gasteiger partial charge in [0.2, 0.25) is 5.91 Å². The fourth-order valence-electron chi connectivity index (χ4n) is 3.14. The van der Waals surface area contributed by atoms with Gasteiger partial charge in [-0.25, -0.2) is 4.68 Å². The molecule has 138 valence electrons. The number of halogens is 1. The second kappa shape index (κ2) is 8.44. The van der Waals surface area contributed by atoms with Crippen molar-refractivity contribution in [3.05, 3.63) is 40.1 Å². The average Bonchev–Trinajstić information content (AvgIpc) is 3.24. The summed E-state index contributed by atoms with van der Waals surface area (Å²) in [7, 11) is 0. The summed E-state index contributed by atoms with van der Waals surface area (Å²) in [5.74, 6) is -0.343. The van der Waals surface area contributed by atoms with Gasteiger partial charge < -0.3 is 10.6 Å². The van der Waals surface area contributed by atoms with Crippen LogP contribution in [0.2, 0.25) is 0 Å². The third-order valence-corrected chi connectivity index (χ3v) is 5.01. The van der Waals surface area contributed by atoms with Gasteiger partial charge in [-0.05, 0) is 38.0 Å². The molecule has 26 heavy (non-hydrogen) atoms. The summed E-state index contributed by atoms with van der Waals surface area (Å²) in [5, 5.41) is 13.8. The van der Waals surface area contributed by atoms with Gasteiger partial charge >= 0.3 is 0 Å². The summed E-state index contributed by atoms with van der Waals surface area (Å²) in [6, 6.07) is 7.90. The lowest BCUT2D eigenvalue weighted by molar-refractivity contribution is -0.121. The summed E-state index contributed by atoms with van der Waals surface area (Å²) in [6.07, 6.45) is 4.72. The molecule has 0 aliphatic heterocycles. The largest absolute Gasteiger partial charge is 0.353 e. The molecule has 2 amide bonds. The first-order valence-corrected chi connectivity index (χ1v) is 9.59. The van der Waals surface area contributed by atoms with Crippen LogP contribution >= 0.6 is 15.9 Å². The molecule has 0 spiro atoms. The fourth-order valence-corrected chi connectivity index (χ4v) is 3.52. The van der Waals surface area contributed by atoms with Gasteiger partial charge in [0.05, 0.1) is 11.4 Å². The molecule has 0 bridgehead atoms. The van der Waals surface area contributed by atoms with E-state index in [9.17, 15) is 9.59 Å². The molecule has 0 unspecified atom stereocenters. The van der Waals surface area contributed by atoms with Crippen molar-refractivity contribution in [2.75, 3.05) is 6.54 Å². The number of nitrogens with zero attached hydrogens (tertiary/aromatic N) is 3. The molecular formula is C18H22BrN5O2. The number of hydrogen-bond acceptors (Lipinski definition) is 4. The van der Waals surface area contributed by atoms with Crippen LogP contribution in [0.4, 0.5) is 0 Å². The van der Waals surface area contributed by atoms with Gasteiger partial charge in [0, 0.05) is 23.5 Å². The van der Waals surface area contributed by atoms with E-state index in [1.807, 2.05) is 24.3 Å². The van der Waals surface area contributed by atoms with E-state index in [4.69, 9.17) is 0 Å². The lowest BCUT2D eigenvalue weighted by atomic mass is 10.2. The highest BCUT2D eigenvalue weighted by molar-refractivity contribution is 9.10. The highest BCUT2D eigenvalue weighted by Gasteiger charge is 2.19. The molecule has 1 aromatic heterocycles. The number of carbonyl (C=O) groups is 2. The van der Waals surface area contributed by atoms with E-state index in [2.05, 4.69) is 36.9 Å². The van der Waals surface area contributed by atoms with E-state index in [0.717, 1.165) is 23.0 Å². The summed E-state index contributed by atoms with van der Waals surface area (Å²) in [5.41, 5.74) is 1.73. The van der Waals surface area contributed by atoms with Crippen molar-refractivity contribution in [3.8, 4) is 5.69 Å². The minimum atomic E-state index is -0.322. The number of rotatable bonds is 6. The van der Waals surface area contributed by atoms with Crippen LogP contribution in [0.1, 0.15) is 48.3 Å². The quantitative estimate of drug-likeness (QED) is 0.752. The minimum Gasteiger partial charge on any atom is -0.353 e. The van der Waals surface area contributed by atoms with Crippen LogP contribution in [0.15, 0.2) is 28.7 Å². The molecule has 0 radical (unpaired) electrons. The third kappa shape index (κ3) is 4.49. The monoisotopic (exact) mass is 419 g/mol. The molecule has 7 nitrogen and oxygen atoms in total. The Labute approximate surface area is 160 Å². The first-order chi connectivity index (χ1) is 12.5. The van der Waals surface area contributed by atoms with Crippen LogP contribution < -0.4 is 10.6 Å². The summed E-state index contributed by atoms with van der Waals surface area (Å²) in [6.45, 7) is 2.07. The Morgan fingerprint density at radius 1 is 1.31 bits per heavy atom. The van der Waals surface area contributed by atoms with Gasteiger partial charge in [0.1, 0.15) is 0 Å². The molecule has 1 saturated carbocycles. The first-order valence-electron chi connectivity index (χ1n) is 8.80. The number of amides is 2. The summed E-state index contributed by atoms with van der Waals surface area (Å²) in [4.78, 5) is 24.2. The normalized spacial score (nSPS) is 14.4. The van der Waals surface area contributed by atoms with E-state index in [-0.39, 0.29) is 30.5 Å². The molecule has 1 aromatic carbocycles. The molecule has 1 aliphatic carbocycles. The van der Waals surface area contributed by atoms with Gasteiger partial charge in [-0.2, -0.15) is 0 Å². The maximum atomic E-state index is 12.3. The SMILES string of the molecule is Cc1c(C(=O)NCCC(=O)NC2CCCC2)nnn1-c1cccc(Br)c1. The Morgan fingerprint density at radius 2 is 2.08 bits per heavy atom. The van der Waals surface area contributed by atoms with E-state index in [1.165, 1.54) is 12.8 Å². The number of carbonyl (C=O) groups excluding carboxylic acids is 2. The zero-order valence-corrected chi connectivity index (χ0v) is 16.3. The molecule has 0 saturated heterocycles. The molecule has 8 heteroatoms. The van der Waals surface area contributed by atoms with Crippen molar-refractivity contribution in [1.82, 2.24) is 25.6 Å². The zero-order valence-electron chi connectivity index (χ0n) is 14.7. The lowest BCUT2D eigenvalue weighted by Gasteiger charge is -2.11. The molecule has 1 heterocycles. The number of hydrogen-bond donors (Lipinski definition) is 2. The highest BCUT2D eigenvalue weighted by atomic mass is 79.9. The van der Waals surface area contributed by atoms with Crippen molar-refractivity contribution < 1.29 is 9.59 Å². The van der Waals surface area contributed by atoms with Gasteiger partial charge in [0.25, 0.3) is 5.91 Å². The predicted octanol–water partition coefficient (Wildman–Crippen LogP) is 2.52. The predicted molar refractivity (Wildman–Crippen MR) is 101 cm³/mol. The van der Waals surface area contributed by atoms with Gasteiger partial charge in [-0.3, -0.25) is 9.59 Å². The Hall–Kier alpha value is -2.22. The highest BCUT2D eigenvalue weighted by Crippen LogP contribution is 2.18. The maximum absolute atomic E-state index is 12.3. The van der Waals surface area contributed by atoms with Crippen molar-refractivity contribution >= 4 is 27.7 Å². The fraction of sp³-hybridized carbons (Fsp3) is 0.444. The van der Waals surface area contributed by atoms with Crippen LogP contribution in [0.25, 0.3) is 5.69 Å². The van der Waals surface area contributed by atoms with Gasteiger partial charge in [-0.15, -0.1) is 5.10 Å². The molecule has 0 atom stereocenters. The smallest absolute Gasteiger partial charge is 0.273 e. The Kier molecular flexibility index (Phi) is 6.03. The Morgan fingerprint density at radius 3 is 2.81 bits per heavy atom. The maximum Gasteiger partial charge on any atom is 0.273 e. The van der Waals surface area contributed by atoms with Crippen LogP contribution in [0.3, 0.4) is 0 Å². The van der Waals surface area contributed by atoms with Crippen molar-refractivity contribution in [2.45, 2.75) is 45.1 Å². The van der Waals surface area contributed by atoms with E-state index < -0.39 is 0 Å². The van der Waals surface area contributed by atoms with Crippen molar-refractivity contribution in [2.24, 2.45) is 0 Å². The summed E-state index contributed by atoms with van der Waals surface area (Å²) >= 11 is 3.42. The number of aromatic nitrogens is 3. The number of benzene rings is 1.